The zero-order chi connectivity index (χ0) is 21.7. The first kappa shape index (κ1) is 21.8. The van der Waals surface area contributed by atoms with Crippen molar-refractivity contribution in [2.24, 2.45) is 0 Å². The number of rotatable bonds is 7. The molecule has 1 heterocycles. The number of hydrogen-bond acceptors (Lipinski definition) is 4. The molecule has 1 aromatic heterocycles. The number of para-hydroxylation sites is 1. The van der Waals surface area contributed by atoms with E-state index in [0.29, 0.717) is 33.5 Å². The van der Waals surface area contributed by atoms with Gasteiger partial charge in [0.05, 0.1) is 34.2 Å². The number of nitrogens with one attached hydrogen (secondary N) is 1. The highest BCUT2D eigenvalue weighted by Crippen LogP contribution is 2.29. The standard InChI is InChI=1S/C24H25ClN2O3/c1-15(2)29-17(4)22-14-13-20(16(3)26-22)24(28)27-18-9-11-19(12-10-18)30-23-8-6-5-7-21(23)25/h5-15,17H,1-4H3,(H,27,28). The zero-order valence-electron chi connectivity index (χ0n) is 17.5. The summed E-state index contributed by atoms with van der Waals surface area (Å²) in [5.74, 6) is 0.986. The maximum atomic E-state index is 12.7. The van der Waals surface area contributed by atoms with E-state index in [9.17, 15) is 4.79 Å². The molecular weight excluding hydrogens is 400 g/mol. The SMILES string of the molecule is Cc1nc(C(C)OC(C)C)ccc1C(=O)Nc1ccc(Oc2ccccc2Cl)cc1. The maximum Gasteiger partial charge on any atom is 0.257 e. The predicted molar refractivity (Wildman–Crippen MR) is 120 cm³/mol. The normalized spacial score (nSPS) is 11.9. The van der Waals surface area contributed by atoms with Gasteiger partial charge in [0.25, 0.3) is 5.91 Å². The third-order valence-corrected chi connectivity index (χ3v) is 4.73. The third kappa shape index (κ3) is 5.59. The van der Waals surface area contributed by atoms with Crippen molar-refractivity contribution < 1.29 is 14.3 Å². The number of aryl methyl sites for hydroxylation is 1. The van der Waals surface area contributed by atoms with Gasteiger partial charge in [0.15, 0.2) is 0 Å². The quantitative estimate of drug-likeness (QED) is 0.465. The van der Waals surface area contributed by atoms with Crippen LogP contribution in [0.15, 0.2) is 60.7 Å². The molecule has 3 aromatic rings. The summed E-state index contributed by atoms with van der Waals surface area (Å²) in [6, 6.07) is 18.0. The molecule has 3 rings (SSSR count). The van der Waals surface area contributed by atoms with Crippen LogP contribution in [0.2, 0.25) is 5.02 Å². The van der Waals surface area contributed by atoms with Crippen LogP contribution < -0.4 is 10.1 Å². The van der Waals surface area contributed by atoms with E-state index in [0.717, 1.165) is 5.69 Å². The molecule has 1 amide bonds. The first-order chi connectivity index (χ1) is 14.3. The van der Waals surface area contributed by atoms with Gasteiger partial charge in [-0.3, -0.25) is 9.78 Å². The average molecular weight is 425 g/mol. The van der Waals surface area contributed by atoms with Crippen molar-refractivity contribution in [3.05, 3.63) is 82.6 Å². The number of benzene rings is 2. The van der Waals surface area contributed by atoms with Gasteiger partial charge in [-0.1, -0.05) is 23.7 Å². The molecule has 0 spiro atoms. The topological polar surface area (TPSA) is 60.5 Å². The van der Waals surface area contributed by atoms with E-state index in [-0.39, 0.29) is 18.1 Å². The van der Waals surface area contributed by atoms with Gasteiger partial charge in [0.1, 0.15) is 11.5 Å². The van der Waals surface area contributed by atoms with Crippen LogP contribution in [0, 0.1) is 6.92 Å². The molecule has 0 saturated heterocycles. The number of aromatic nitrogens is 1. The number of amides is 1. The highest BCUT2D eigenvalue weighted by Gasteiger charge is 2.15. The molecule has 156 valence electrons. The van der Waals surface area contributed by atoms with Crippen LogP contribution in [-0.2, 0) is 4.74 Å². The molecule has 0 saturated carbocycles. The molecule has 0 aliphatic rings. The molecule has 0 fully saturated rings. The Bertz CT molecular complexity index is 1020. The Kier molecular flexibility index (Phi) is 7.08. The van der Waals surface area contributed by atoms with Gasteiger partial charge in [-0.05, 0) is 76.2 Å². The lowest BCUT2D eigenvalue weighted by Gasteiger charge is -2.17. The number of carbonyl (C=O) groups is 1. The van der Waals surface area contributed by atoms with E-state index >= 15 is 0 Å². The van der Waals surface area contributed by atoms with Gasteiger partial charge < -0.3 is 14.8 Å². The van der Waals surface area contributed by atoms with Crippen LogP contribution >= 0.6 is 11.6 Å². The molecule has 0 aliphatic heterocycles. The molecule has 6 heteroatoms. The number of pyridine rings is 1. The van der Waals surface area contributed by atoms with Gasteiger partial charge >= 0.3 is 0 Å². The summed E-state index contributed by atoms with van der Waals surface area (Å²) in [6.45, 7) is 7.74. The van der Waals surface area contributed by atoms with E-state index in [1.165, 1.54) is 0 Å². The molecule has 1 unspecified atom stereocenters. The fourth-order valence-corrected chi connectivity index (χ4v) is 3.16. The smallest absolute Gasteiger partial charge is 0.257 e. The van der Waals surface area contributed by atoms with Crippen LogP contribution in [0.25, 0.3) is 0 Å². The van der Waals surface area contributed by atoms with Gasteiger partial charge in [-0.15, -0.1) is 0 Å². The molecule has 0 radical (unpaired) electrons. The Hall–Kier alpha value is -2.89. The number of carbonyl (C=O) groups excluding carboxylic acids is 1. The monoisotopic (exact) mass is 424 g/mol. The third-order valence-electron chi connectivity index (χ3n) is 4.42. The number of ether oxygens (including phenoxy) is 2. The van der Waals surface area contributed by atoms with Gasteiger partial charge in [-0.2, -0.15) is 0 Å². The first-order valence-electron chi connectivity index (χ1n) is 9.80. The van der Waals surface area contributed by atoms with E-state index in [4.69, 9.17) is 21.1 Å². The number of hydrogen-bond donors (Lipinski definition) is 1. The highest BCUT2D eigenvalue weighted by atomic mass is 35.5. The lowest BCUT2D eigenvalue weighted by Crippen LogP contribution is -2.16. The van der Waals surface area contributed by atoms with E-state index < -0.39 is 0 Å². The fourth-order valence-electron chi connectivity index (χ4n) is 2.98. The van der Waals surface area contributed by atoms with Crippen molar-refractivity contribution in [3.63, 3.8) is 0 Å². The molecule has 1 N–H and O–H groups in total. The molecule has 0 aliphatic carbocycles. The van der Waals surface area contributed by atoms with E-state index in [1.807, 2.05) is 45.9 Å². The summed E-state index contributed by atoms with van der Waals surface area (Å²) in [5, 5.41) is 3.43. The van der Waals surface area contributed by atoms with Crippen molar-refractivity contribution in [3.8, 4) is 11.5 Å². The summed E-state index contributed by atoms with van der Waals surface area (Å²) in [4.78, 5) is 17.2. The fraction of sp³-hybridized carbons (Fsp3) is 0.250. The van der Waals surface area contributed by atoms with Crippen molar-refractivity contribution in [1.82, 2.24) is 4.98 Å². The summed E-state index contributed by atoms with van der Waals surface area (Å²) in [6.07, 6.45) is -0.0265. The average Bonchev–Trinajstić information content (AvgIpc) is 2.70. The van der Waals surface area contributed by atoms with Crippen molar-refractivity contribution in [2.45, 2.75) is 39.9 Å². The minimum atomic E-state index is -0.219. The second kappa shape index (κ2) is 9.74. The van der Waals surface area contributed by atoms with Crippen molar-refractivity contribution in [1.29, 1.82) is 0 Å². The minimum absolute atomic E-state index is 0.106. The van der Waals surface area contributed by atoms with Gasteiger partial charge in [-0.25, -0.2) is 0 Å². The number of nitrogens with zero attached hydrogens (tertiary/aromatic N) is 1. The number of halogens is 1. The maximum absolute atomic E-state index is 12.7. The zero-order valence-corrected chi connectivity index (χ0v) is 18.2. The first-order valence-corrected chi connectivity index (χ1v) is 10.2. The second-order valence-electron chi connectivity index (χ2n) is 7.21. The molecule has 0 bridgehead atoms. The predicted octanol–water partition coefficient (Wildman–Crippen LogP) is 6.57. The highest BCUT2D eigenvalue weighted by molar-refractivity contribution is 6.32. The van der Waals surface area contributed by atoms with Crippen molar-refractivity contribution >= 4 is 23.2 Å². The van der Waals surface area contributed by atoms with Gasteiger partial charge in [0, 0.05) is 5.69 Å². The van der Waals surface area contributed by atoms with E-state index in [2.05, 4.69) is 10.3 Å². The van der Waals surface area contributed by atoms with Crippen LogP contribution in [0.3, 0.4) is 0 Å². The summed E-state index contributed by atoms with van der Waals surface area (Å²) < 4.78 is 11.5. The van der Waals surface area contributed by atoms with Crippen LogP contribution in [0.1, 0.15) is 48.6 Å². The lowest BCUT2D eigenvalue weighted by atomic mass is 10.1. The second-order valence-corrected chi connectivity index (χ2v) is 7.61. The Morgan fingerprint density at radius 2 is 1.70 bits per heavy atom. The van der Waals surface area contributed by atoms with Crippen LogP contribution in [0.4, 0.5) is 5.69 Å². The van der Waals surface area contributed by atoms with E-state index in [1.54, 1.807) is 42.5 Å². The largest absolute Gasteiger partial charge is 0.456 e. The number of anilines is 1. The molecule has 30 heavy (non-hydrogen) atoms. The Morgan fingerprint density at radius 3 is 2.33 bits per heavy atom. The Morgan fingerprint density at radius 1 is 1.00 bits per heavy atom. The van der Waals surface area contributed by atoms with Crippen LogP contribution in [-0.4, -0.2) is 17.0 Å². The van der Waals surface area contributed by atoms with Gasteiger partial charge in [0.2, 0.25) is 0 Å². The Balaban J connectivity index is 1.66. The van der Waals surface area contributed by atoms with Crippen LogP contribution in [0.5, 0.6) is 11.5 Å². The molecule has 1 atom stereocenters. The summed E-state index contributed by atoms with van der Waals surface area (Å²) in [7, 11) is 0. The minimum Gasteiger partial charge on any atom is -0.456 e. The Labute approximate surface area is 182 Å². The van der Waals surface area contributed by atoms with Crippen molar-refractivity contribution in [2.75, 3.05) is 5.32 Å². The summed E-state index contributed by atoms with van der Waals surface area (Å²) in [5.41, 5.74) is 2.64. The summed E-state index contributed by atoms with van der Waals surface area (Å²) >= 11 is 6.12. The lowest BCUT2D eigenvalue weighted by molar-refractivity contribution is 0.0154. The molecule has 2 aromatic carbocycles. The molecular formula is C24H25ClN2O3. The molecule has 5 nitrogen and oxygen atoms in total.